The third-order valence-corrected chi connectivity index (χ3v) is 4.39. The molecule has 0 spiro atoms. The fourth-order valence-corrected chi connectivity index (χ4v) is 2.80. The number of nitrogens with one attached hydrogen (secondary N) is 1. The number of carbonyl (C=O) groups is 2. The molecule has 0 aromatic heterocycles. The van der Waals surface area contributed by atoms with E-state index in [0.717, 1.165) is 5.56 Å². The van der Waals surface area contributed by atoms with Crippen molar-refractivity contribution in [2.24, 2.45) is 0 Å². The molecule has 0 fully saturated rings. The molecule has 0 saturated heterocycles. The van der Waals surface area contributed by atoms with Crippen LogP contribution in [0.1, 0.15) is 17.2 Å². The van der Waals surface area contributed by atoms with Gasteiger partial charge >= 0.3 is 5.97 Å². The van der Waals surface area contributed by atoms with E-state index in [2.05, 4.69) is 5.32 Å². The van der Waals surface area contributed by atoms with Gasteiger partial charge in [-0.3, -0.25) is 4.79 Å². The van der Waals surface area contributed by atoms with Crippen molar-refractivity contribution in [3.8, 4) is 11.5 Å². The molecule has 1 atom stereocenters. The van der Waals surface area contributed by atoms with E-state index < -0.39 is 18.0 Å². The van der Waals surface area contributed by atoms with Gasteiger partial charge in [-0.25, -0.2) is 4.79 Å². The maximum atomic E-state index is 12.9. The summed E-state index contributed by atoms with van der Waals surface area (Å²) in [6.45, 7) is 1.58. The Morgan fingerprint density at radius 1 is 0.900 bits per heavy atom. The van der Waals surface area contributed by atoms with E-state index in [1.165, 1.54) is 0 Å². The first-order valence-electron chi connectivity index (χ1n) is 9.44. The summed E-state index contributed by atoms with van der Waals surface area (Å²) >= 11 is 0. The molecule has 6 nitrogen and oxygen atoms in total. The molecule has 0 aliphatic heterocycles. The first-order valence-corrected chi connectivity index (χ1v) is 9.44. The fourth-order valence-electron chi connectivity index (χ4n) is 2.80. The normalized spacial score (nSPS) is 11.3. The maximum absolute atomic E-state index is 12.9. The first kappa shape index (κ1) is 20.9. The minimum atomic E-state index is -1.11. The average Bonchev–Trinajstić information content (AvgIpc) is 2.78. The largest absolute Gasteiger partial charge is 0.497 e. The fraction of sp³-hybridized carbons (Fsp3) is 0.167. The van der Waals surface area contributed by atoms with Crippen molar-refractivity contribution in [3.63, 3.8) is 0 Å². The Labute approximate surface area is 175 Å². The van der Waals surface area contributed by atoms with Crippen LogP contribution >= 0.6 is 0 Å². The molecule has 0 aliphatic rings. The van der Waals surface area contributed by atoms with Gasteiger partial charge in [-0.1, -0.05) is 48.5 Å². The molecule has 0 bridgehead atoms. The lowest BCUT2D eigenvalue weighted by Crippen LogP contribution is -2.28. The minimum Gasteiger partial charge on any atom is -0.497 e. The smallest absolute Gasteiger partial charge is 0.345 e. The molecular weight excluding hydrogens is 382 g/mol. The Morgan fingerprint density at radius 2 is 1.57 bits per heavy atom. The van der Waals surface area contributed by atoms with Gasteiger partial charge in [-0.2, -0.15) is 0 Å². The zero-order chi connectivity index (χ0) is 21.3. The van der Waals surface area contributed by atoms with Gasteiger partial charge in [0.2, 0.25) is 6.10 Å². The molecule has 1 unspecified atom stereocenters. The number of hydrogen-bond donors (Lipinski definition) is 1. The number of aryl methyl sites for hydroxylation is 1. The number of rotatable bonds is 8. The highest BCUT2D eigenvalue weighted by atomic mass is 16.6. The molecule has 0 aliphatic carbocycles. The number of hydrogen-bond acceptors (Lipinski definition) is 5. The van der Waals surface area contributed by atoms with Crippen molar-refractivity contribution >= 4 is 17.6 Å². The van der Waals surface area contributed by atoms with Crippen molar-refractivity contribution in [3.05, 3.63) is 90.0 Å². The van der Waals surface area contributed by atoms with E-state index in [-0.39, 0.29) is 6.61 Å². The second-order valence-corrected chi connectivity index (χ2v) is 6.55. The molecule has 154 valence electrons. The number of benzene rings is 3. The quantitative estimate of drug-likeness (QED) is 0.566. The van der Waals surface area contributed by atoms with Crippen LogP contribution in [0.4, 0.5) is 5.69 Å². The molecule has 0 saturated carbocycles. The number of methoxy groups -OCH3 is 1. The van der Waals surface area contributed by atoms with E-state index in [1.54, 1.807) is 61.7 Å². The van der Waals surface area contributed by atoms with Crippen LogP contribution in [0.3, 0.4) is 0 Å². The summed E-state index contributed by atoms with van der Waals surface area (Å²) in [4.78, 5) is 25.3. The van der Waals surface area contributed by atoms with Gasteiger partial charge in [0.1, 0.15) is 11.5 Å². The number of carbonyl (C=O) groups excluding carboxylic acids is 2. The highest BCUT2D eigenvalue weighted by molar-refractivity contribution is 5.96. The summed E-state index contributed by atoms with van der Waals surface area (Å²) in [6.07, 6.45) is -1.11. The monoisotopic (exact) mass is 405 g/mol. The molecule has 0 radical (unpaired) electrons. The molecule has 6 heteroatoms. The average molecular weight is 405 g/mol. The SMILES string of the molecule is COc1ccc(NC(=O)C(OC(=O)COc2ccccc2C)c2ccccc2)cc1. The highest BCUT2D eigenvalue weighted by Crippen LogP contribution is 2.22. The second kappa shape index (κ2) is 10.1. The predicted octanol–water partition coefficient (Wildman–Crippen LogP) is 4.31. The van der Waals surface area contributed by atoms with Crippen LogP contribution in [0, 0.1) is 6.92 Å². The van der Waals surface area contributed by atoms with Crippen LogP contribution in [0.15, 0.2) is 78.9 Å². The molecule has 0 heterocycles. The predicted molar refractivity (Wildman–Crippen MR) is 114 cm³/mol. The van der Waals surface area contributed by atoms with Crippen LogP contribution in [0.25, 0.3) is 0 Å². The van der Waals surface area contributed by atoms with Gasteiger partial charge in [0.15, 0.2) is 6.61 Å². The van der Waals surface area contributed by atoms with Gasteiger partial charge < -0.3 is 19.5 Å². The molecule has 1 amide bonds. The van der Waals surface area contributed by atoms with Crippen LogP contribution in [0.5, 0.6) is 11.5 Å². The van der Waals surface area contributed by atoms with Gasteiger partial charge in [-0.05, 0) is 42.8 Å². The summed E-state index contributed by atoms with van der Waals surface area (Å²) in [6, 6.07) is 23.1. The molecule has 30 heavy (non-hydrogen) atoms. The van der Waals surface area contributed by atoms with E-state index in [9.17, 15) is 9.59 Å². The Bertz CT molecular complexity index is 986. The highest BCUT2D eigenvalue weighted by Gasteiger charge is 2.25. The topological polar surface area (TPSA) is 73.9 Å². The summed E-state index contributed by atoms with van der Waals surface area (Å²) in [5, 5.41) is 2.77. The molecule has 1 N–H and O–H groups in total. The number of anilines is 1. The maximum Gasteiger partial charge on any atom is 0.345 e. The first-order chi connectivity index (χ1) is 14.6. The van der Waals surface area contributed by atoms with E-state index in [0.29, 0.717) is 22.7 Å². The summed E-state index contributed by atoms with van der Waals surface area (Å²) < 4.78 is 16.1. The number of amides is 1. The Morgan fingerprint density at radius 3 is 2.23 bits per heavy atom. The number of esters is 1. The van der Waals surface area contributed by atoms with Crippen LogP contribution in [-0.2, 0) is 14.3 Å². The molecular formula is C24H23NO5. The summed E-state index contributed by atoms with van der Waals surface area (Å²) in [5.41, 5.74) is 2.03. The summed E-state index contributed by atoms with van der Waals surface area (Å²) in [5.74, 6) is 0.161. The van der Waals surface area contributed by atoms with Crippen molar-refractivity contribution < 1.29 is 23.8 Å². The van der Waals surface area contributed by atoms with Gasteiger partial charge in [0.25, 0.3) is 5.91 Å². The van der Waals surface area contributed by atoms with Crippen molar-refractivity contribution in [1.82, 2.24) is 0 Å². The van der Waals surface area contributed by atoms with Crippen LogP contribution < -0.4 is 14.8 Å². The minimum absolute atomic E-state index is 0.302. The van der Waals surface area contributed by atoms with Gasteiger partial charge in [0, 0.05) is 11.3 Å². The zero-order valence-corrected chi connectivity index (χ0v) is 16.8. The van der Waals surface area contributed by atoms with Gasteiger partial charge in [0.05, 0.1) is 7.11 Å². The number of para-hydroxylation sites is 1. The van der Waals surface area contributed by atoms with E-state index >= 15 is 0 Å². The van der Waals surface area contributed by atoms with Crippen molar-refractivity contribution in [2.45, 2.75) is 13.0 Å². The van der Waals surface area contributed by atoms with Gasteiger partial charge in [-0.15, -0.1) is 0 Å². The zero-order valence-electron chi connectivity index (χ0n) is 16.8. The molecule has 3 rings (SSSR count). The third kappa shape index (κ3) is 5.61. The van der Waals surface area contributed by atoms with Crippen molar-refractivity contribution in [1.29, 1.82) is 0 Å². The van der Waals surface area contributed by atoms with E-state index in [1.807, 2.05) is 31.2 Å². The third-order valence-electron chi connectivity index (χ3n) is 4.39. The Balaban J connectivity index is 1.69. The second-order valence-electron chi connectivity index (χ2n) is 6.55. The van der Waals surface area contributed by atoms with E-state index in [4.69, 9.17) is 14.2 Å². The number of ether oxygens (including phenoxy) is 3. The Hall–Kier alpha value is -3.80. The van der Waals surface area contributed by atoms with Crippen LogP contribution in [0.2, 0.25) is 0 Å². The lowest BCUT2D eigenvalue weighted by Gasteiger charge is -2.18. The standard InChI is InChI=1S/C24H23NO5/c1-17-8-6-7-11-21(17)29-16-22(26)30-23(18-9-4-3-5-10-18)24(27)25-19-12-14-20(28-2)15-13-19/h3-15,23H,16H2,1-2H3,(H,25,27). The van der Waals surface area contributed by atoms with Crippen LogP contribution in [-0.4, -0.2) is 25.6 Å². The molecule has 3 aromatic carbocycles. The lowest BCUT2D eigenvalue weighted by molar-refractivity contribution is -0.156. The van der Waals surface area contributed by atoms with Crippen molar-refractivity contribution in [2.75, 3.05) is 19.0 Å². The Kier molecular flexibility index (Phi) is 7.05. The summed E-state index contributed by atoms with van der Waals surface area (Å²) in [7, 11) is 1.57. The lowest BCUT2D eigenvalue weighted by atomic mass is 10.1. The molecule has 3 aromatic rings.